The molecular formula is C13H14N2O3. The predicted molar refractivity (Wildman–Crippen MR) is 64.9 cm³/mol. The molecule has 0 bridgehead atoms. The zero-order chi connectivity index (χ0) is 13.5. The summed E-state index contributed by atoms with van der Waals surface area (Å²) in [5.74, 6) is -1.60. The van der Waals surface area contributed by atoms with Crippen molar-refractivity contribution in [1.82, 2.24) is 5.32 Å². The van der Waals surface area contributed by atoms with Gasteiger partial charge in [0.1, 0.15) is 0 Å². The minimum Gasteiger partial charge on any atom is -0.478 e. The third-order valence-electron chi connectivity index (χ3n) is 2.42. The van der Waals surface area contributed by atoms with Gasteiger partial charge in [0, 0.05) is 6.54 Å². The van der Waals surface area contributed by atoms with Crippen molar-refractivity contribution in [2.45, 2.75) is 13.3 Å². The Morgan fingerprint density at radius 1 is 1.44 bits per heavy atom. The number of carbonyl (C=O) groups is 2. The van der Waals surface area contributed by atoms with Crippen LogP contribution in [0, 0.1) is 17.2 Å². The average Bonchev–Trinajstić information content (AvgIpc) is 2.36. The first-order chi connectivity index (χ1) is 8.54. The van der Waals surface area contributed by atoms with Crippen LogP contribution >= 0.6 is 0 Å². The van der Waals surface area contributed by atoms with E-state index in [-0.39, 0.29) is 30.4 Å². The summed E-state index contributed by atoms with van der Waals surface area (Å²) in [5, 5.41) is 20.1. The smallest absolute Gasteiger partial charge is 0.335 e. The van der Waals surface area contributed by atoms with Crippen molar-refractivity contribution in [3.8, 4) is 6.07 Å². The van der Waals surface area contributed by atoms with Crippen LogP contribution in [0.5, 0.6) is 0 Å². The largest absolute Gasteiger partial charge is 0.478 e. The lowest BCUT2D eigenvalue weighted by Gasteiger charge is -2.08. The van der Waals surface area contributed by atoms with E-state index >= 15 is 0 Å². The quantitative estimate of drug-likeness (QED) is 0.816. The van der Waals surface area contributed by atoms with E-state index in [9.17, 15) is 9.59 Å². The molecule has 0 aliphatic heterocycles. The number of nitrogens with zero attached hydrogens (tertiary/aromatic N) is 1. The van der Waals surface area contributed by atoms with Crippen molar-refractivity contribution < 1.29 is 14.7 Å². The summed E-state index contributed by atoms with van der Waals surface area (Å²) in [7, 11) is 0. The SMILES string of the molecule is CC(C#N)CNC(=O)Cc1ccccc1C(=O)O. The number of amides is 1. The summed E-state index contributed by atoms with van der Waals surface area (Å²) >= 11 is 0. The maximum absolute atomic E-state index is 11.6. The topological polar surface area (TPSA) is 90.2 Å². The van der Waals surface area contributed by atoms with Gasteiger partial charge in [-0.3, -0.25) is 4.79 Å². The van der Waals surface area contributed by atoms with Crippen molar-refractivity contribution >= 4 is 11.9 Å². The molecule has 1 unspecified atom stereocenters. The van der Waals surface area contributed by atoms with Crippen LogP contribution in [0.3, 0.4) is 0 Å². The second-order valence-electron chi connectivity index (χ2n) is 3.97. The zero-order valence-corrected chi connectivity index (χ0v) is 10.0. The van der Waals surface area contributed by atoms with Gasteiger partial charge in [0.2, 0.25) is 5.91 Å². The molecule has 0 saturated carbocycles. The first kappa shape index (κ1) is 13.7. The predicted octanol–water partition coefficient (Wildman–Crippen LogP) is 1.20. The molecule has 1 aromatic carbocycles. The fourth-order valence-electron chi connectivity index (χ4n) is 1.43. The molecule has 0 aliphatic carbocycles. The fraction of sp³-hybridized carbons (Fsp3) is 0.308. The Hall–Kier alpha value is -2.35. The Morgan fingerprint density at radius 2 is 2.11 bits per heavy atom. The third kappa shape index (κ3) is 3.91. The standard InChI is InChI=1S/C13H14N2O3/c1-9(7-14)8-15-12(16)6-10-4-2-3-5-11(10)13(17)18/h2-5,9H,6,8H2,1H3,(H,15,16)(H,17,18). The molecule has 0 spiro atoms. The molecule has 0 saturated heterocycles. The normalized spacial score (nSPS) is 11.3. The van der Waals surface area contributed by atoms with Crippen LogP contribution in [0.2, 0.25) is 0 Å². The van der Waals surface area contributed by atoms with E-state index in [1.54, 1.807) is 25.1 Å². The van der Waals surface area contributed by atoms with E-state index in [1.807, 2.05) is 6.07 Å². The molecule has 0 heterocycles. The summed E-state index contributed by atoms with van der Waals surface area (Å²) < 4.78 is 0. The average molecular weight is 246 g/mol. The first-order valence-electron chi connectivity index (χ1n) is 5.52. The van der Waals surface area contributed by atoms with Gasteiger partial charge in [0.15, 0.2) is 0 Å². The van der Waals surface area contributed by atoms with Crippen molar-refractivity contribution in [1.29, 1.82) is 5.26 Å². The third-order valence-corrected chi connectivity index (χ3v) is 2.42. The summed E-state index contributed by atoms with van der Waals surface area (Å²) in [6.07, 6.45) is 0.000617. The van der Waals surface area contributed by atoms with Gasteiger partial charge in [-0.15, -0.1) is 0 Å². The second kappa shape index (κ2) is 6.40. The highest BCUT2D eigenvalue weighted by atomic mass is 16.4. The molecule has 0 radical (unpaired) electrons. The number of nitrogens with one attached hydrogen (secondary N) is 1. The number of carbonyl (C=O) groups excluding carboxylic acids is 1. The van der Waals surface area contributed by atoms with E-state index in [0.717, 1.165) is 0 Å². The van der Waals surface area contributed by atoms with Crippen LogP contribution in [0.4, 0.5) is 0 Å². The molecule has 18 heavy (non-hydrogen) atoms. The minimum absolute atomic E-state index is 0.000617. The molecule has 1 atom stereocenters. The molecule has 0 fully saturated rings. The summed E-state index contributed by atoms with van der Waals surface area (Å²) in [4.78, 5) is 22.5. The second-order valence-corrected chi connectivity index (χ2v) is 3.97. The van der Waals surface area contributed by atoms with Crippen LogP contribution in [0.1, 0.15) is 22.8 Å². The van der Waals surface area contributed by atoms with Crippen molar-refractivity contribution in [3.05, 3.63) is 35.4 Å². The highest BCUT2D eigenvalue weighted by molar-refractivity contribution is 5.91. The number of aromatic carboxylic acids is 1. The van der Waals surface area contributed by atoms with Crippen molar-refractivity contribution in [2.75, 3.05) is 6.54 Å². The Labute approximate surface area is 105 Å². The molecule has 5 nitrogen and oxygen atoms in total. The molecule has 1 rings (SSSR count). The molecule has 1 amide bonds. The lowest BCUT2D eigenvalue weighted by atomic mass is 10.0. The summed E-state index contributed by atoms with van der Waals surface area (Å²) in [6, 6.07) is 8.38. The van der Waals surface area contributed by atoms with Gasteiger partial charge in [-0.1, -0.05) is 18.2 Å². The molecule has 0 aliphatic rings. The van der Waals surface area contributed by atoms with Crippen LogP contribution in [-0.2, 0) is 11.2 Å². The van der Waals surface area contributed by atoms with Gasteiger partial charge in [0.25, 0.3) is 0 Å². The molecule has 2 N–H and O–H groups in total. The number of carboxylic acid groups (broad SMARTS) is 1. The van der Waals surface area contributed by atoms with E-state index in [1.165, 1.54) is 6.07 Å². The lowest BCUT2D eigenvalue weighted by Crippen LogP contribution is -2.29. The lowest BCUT2D eigenvalue weighted by molar-refractivity contribution is -0.120. The summed E-state index contributed by atoms with van der Waals surface area (Å²) in [6.45, 7) is 1.97. The minimum atomic E-state index is -1.05. The zero-order valence-electron chi connectivity index (χ0n) is 10.0. The Kier molecular flexibility index (Phi) is 4.88. The number of rotatable bonds is 5. The monoisotopic (exact) mass is 246 g/mol. The fourth-order valence-corrected chi connectivity index (χ4v) is 1.43. The van der Waals surface area contributed by atoms with Gasteiger partial charge in [-0.2, -0.15) is 5.26 Å². The number of hydrogen-bond donors (Lipinski definition) is 2. The highest BCUT2D eigenvalue weighted by Gasteiger charge is 2.12. The van der Waals surface area contributed by atoms with Gasteiger partial charge < -0.3 is 10.4 Å². The van der Waals surface area contributed by atoms with E-state index < -0.39 is 5.97 Å². The number of benzene rings is 1. The maximum Gasteiger partial charge on any atom is 0.335 e. The number of hydrogen-bond acceptors (Lipinski definition) is 3. The van der Waals surface area contributed by atoms with Crippen molar-refractivity contribution in [3.63, 3.8) is 0 Å². The van der Waals surface area contributed by atoms with Gasteiger partial charge in [0.05, 0.1) is 24.0 Å². The molecule has 0 aromatic heterocycles. The van der Waals surface area contributed by atoms with Crippen LogP contribution in [-0.4, -0.2) is 23.5 Å². The highest BCUT2D eigenvalue weighted by Crippen LogP contribution is 2.09. The Morgan fingerprint density at radius 3 is 2.72 bits per heavy atom. The van der Waals surface area contributed by atoms with E-state index in [2.05, 4.69) is 5.32 Å². The van der Waals surface area contributed by atoms with Gasteiger partial charge in [-0.05, 0) is 18.6 Å². The first-order valence-corrected chi connectivity index (χ1v) is 5.52. The van der Waals surface area contributed by atoms with Crippen LogP contribution < -0.4 is 5.32 Å². The van der Waals surface area contributed by atoms with E-state index in [0.29, 0.717) is 5.56 Å². The van der Waals surface area contributed by atoms with E-state index in [4.69, 9.17) is 10.4 Å². The number of nitriles is 1. The van der Waals surface area contributed by atoms with Crippen LogP contribution in [0.25, 0.3) is 0 Å². The molecule has 5 heteroatoms. The molecule has 94 valence electrons. The maximum atomic E-state index is 11.6. The summed E-state index contributed by atoms with van der Waals surface area (Å²) in [5.41, 5.74) is 0.591. The van der Waals surface area contributed by atoms with Gasteiger partial charge in [-0.25, -0.2) is 4.79 Å². The van der Waals surface area contributed by atoms with Crippen LogP contribution in [0.15, 0.2) is 24.3 Å². The Bertz CT molecular complexity index is 491. The number of carboxylic acids is 1. The Balaban J connectivity index is 2.65. The van der Waals surface area contributed by atoms with Gasteiger partial charge >= 0.3 is 5.97 Å². The van der Waals surface area contributed by atoms with Crippen molar-refractivity contribution in [2.24, 2.45) is 5.92 Å². The molecule has 1 aromatic rings. The molecular weight excluding hydrogens is 232 g/mol.